The molecule has 1 aromatic heterocycles. The molecule has 2 amide bonds. The lowest BCUT2D eigenvalue weighted by atomic mass is 10.0. The summed E-state index contributed by atoms with van der Waals surface area (Å²) in [6.07, 6.45) is 1.78. The third kappa shape index (κ3) is 3.38. The van der Waals surface area contributed by atoms with Crippen LogP contribution < -0.4 is 11.1 Å². The number of nitrogens with two attached hydrogens (primary N) is 1. The Bertz CT molecular complexity index is 946. The predicted molar refractivity (Wildman–Crippen MR) is 97.2 cm³/mol. The topological polar surface area (TPSA) is 90.0 Å². The van der Waals surface area contributed by atoms with E-state index in [-0.39, 0.29) is 11.8 Å². The largest absolute Gasteiger partial charge is 0.366 e. The number of nitrogens with one attached hydrogen (secondary N) is 1. The van der Waals surface area contributed by atoms with Gasteiger partial charge in [-0.1, -0.05) is 37.3 Å². The predicted octanol–water partition coefficient (Wildman–Crippen LogP) is 2.72. The quantitative estimate of drug-likeness (QED) is 0.750. The maximum atomic E-state index is 12.6. The zero-order valence-corrected chi connectivity index (χ0v) is 14.2. The van der Waals surface area contributed by atoms with E-state index in [1.807, 2.05) is 35.9 Å². The summed E-state index contributed by atoms with van der Waals surface area (Å²) in [5.41, 5.74) is 7.93. The van der Waals surface area contributed by atoms with E-state index < -0.39 is 5.91 Å². The van der Waals surface area contributed by atoms with Crippen molar-refractivity contribution >= 4 is 28.4 Å². The molecule has 0 bridgehead atoms. The van der Waals surface area contributed by atoms with E-state index in [0.29, 0.717) is 17.8 Å². The van der Waals surface area contributed by atoms with Crippen LogP contribution in [0, 0.1) is 12.8 Å². The molecule has 0 saturated carbocycles. The van der Waals surface area contributed by atoms with Crippen LogP contribution in [0.1, 0.15) is 22.8 Å². The normalized spacial score (nSPS) is 12.1. The summed E-state index contributed by atoms with van der Waals surface area (Å²) in [5, 5.41) is 8.19. The van der Waals surface area contributed by atoms with Gasteiger partial charge in [0.25, 0.3) is 5.91 Å². The number of carbonyl (C=O) groups excluding carboxylic acids is 2. The smallest absolute Gasteiger partial charge is 0.251 e. The van der Waals surface area contributed by atoms with Gasteiger partial charge in [0, 0.05) is 5.39 Å². The molecule has 2 aromatic carbocycles. The third-order valence-electron chi connectivity index (χ3n) is 4.22. The molecule has 3 N–H and O–H groups in total. The molecule has 0 radical (unpaired) electrons. The number of anilines is 1. The fourth-order valence-corrected chi connectivity index (χ4v) is 2.87. The first-order chi connectivity index (χ1) is 12.0. The molecule has 6 heteroatoms. The molecule has 3 aromatic rings. The van der Waals surface area contributed by atoms with Crippen LogP contribution in [-0.2, 0) is 11.3 Å². The first-order valence-corrected chi connectivity index (χ1v) is 8.08. The molecule has 0 aliphatic rings. The Hall–Kier alpha value is -3.15. The minimum atomic E-state index is -0.556. The SMILES string of the molecule is Cc1cccc(NC(=O)[C@H](C)Cn2ncc3ccccc32)c1C(N)=O. The molecule has 0 spiro atoms. The Morgan fingerprint density at radius 1 is 1.20 bits per heavy atom. The molecule has 1 atom stereocenters. The second-order valence-electron chi connectivity index (χ2n) is 6.14. The second-order valence-corrected chi connectivity index (χ2v) is 6.14. The fraction of sp³-hybridized carbons (Fsp3) is 0.211. The Balaban J connectivity index is 1.78. The lowest BCUT2D eigenvalue weighted by Crippen LogP contribution is -2.26. The minimum absolute atomic E-state index is 0.187. The summed E-state index contributed by atoms with van der Waals surface area (Å²) < 4.78 is 1.81. The van der Waals surface area contributed by atoms with Crippen LogP contribution in [0.25, 0.3) is 10.9 Å². The van der Waals surface area contributed by atoms with Gasteiger partial charge in [-0.25, -0.2) is 0 Å². The van der Waals surface area contributed by atoms with Crippen LogP contribution in [-0.4, -0.2) is 21.6 Å². The van der Waals surface area contributed by atoms with Crippen molar-refractivity contribution in [3.8, 4) is 0 Å². The summed E-state index contributed by atoms with van der Waals surface area (Å²) in [6.45, 7) is 4.05. The molecular weight excluding hydrogens is 316 g/mol. The standard InChI is InChI=1S/C19H20N4O2/c1-12-6-5-8-15(17(12)18(20)24)22-19(25)13(2)11-23-16-9-4-3-7-14(16)10-21-23/h3-10,13H,11H2,1-2H3,(H2,20,24)(H,22,25)/t13-/m1/s1. The molecule has 0 saturated heterocycles. The van der Waals surface area contributed by atoms with Gasteiger partial charge in [0.2, 0.25) is 5.91 Å². The number of nitrogens with zero attached hydrogens (tertiary/aromatic N) is 2. The third-order valence-corrected chi connectivity index (χ3v) is 4.22. The van der Waals surface area contributed by atoms with Crippen molar-refractivity contribution in [2.75, 3.05) is 5.32 Å². The van der Waals surface area contributed by atoms with Gasteiger partial charge in [-0.05, 0) is 24.6 Å². The summed E-state index contributed by atoms with van der Waals surface area (Å²) in [5.74, 6) is -1.07. The van der Waals surface area contributed by atoms with Crippen molar-refractivity contribution in [3.63, 3.8) is 0 Å². The van der Waals surface area contributed by atoms with Crippen LogP contribution in [0.4, 0.5) is 5.69 Å². The van der Waals surface area contributed by atoms with Gasteiger partial charge in [-0.2, -0.15) is 5.10 Å². The minimum Gasteiger partial charge on any atom is -0.366 e. The molecule has 0 fully saturated rings. The van der Waals surface area contributed by atoms with E-state index in [0.717, 1.165) is 16.5 Å². The highest BCUT2D eigenvalue weighted by Crippen LogP contribution is 2.20. The number of carbonyl (C=O) groups is 2. The molecule has 3 rings (SSSR count). The molecule has 0 unspecified atom stereocenters. The highest BCUT2D eigenvalue weighted by atomic mass is 16.2. The van der Waals surface area contributed by atoms with Gasteiger partial charge in [0.1, 0.15) is 0 Å². The first-order valence-electron chi connectivity index (χ1n) is 8.08. The summed E-state index contributed by atoms with van der Waals surface area (Å²) in [4.78, 5) is 24.2. The Morgan fingerprint density at radius 3 is 2.72 bits per heavy atom. The Kier molecular flexibility index (Phi) is 4.52. The van der Waals surface area contributed by atoms with Crippen molar-refractivity contribution in [1.82, 2.24) is 9.78 Å². The number of fused-ring (bicyclic) bond motifs is 1. The van der Waals surface area contributed by atoms with E-state index in [2.05, 4.69) is 10.4 Å². The number of para-hydroxylation sites is 1. The Labute approximate surface area is 145 Å². The lowest BCUT2D eigenvalue weighted by molar-refractivity contribution is -0.119. The highest BCUT2D eigenvalue weighted by Gasteiger charge is 2.18. The van der Waals surface area contributed by atoms with Gasteiger partial charge in [0.15, 0.2) is 0 Å². The van der Waals surface area contributed by atoms with Crippen molar-refractivity contribution in [2.45, 2.75) is 20.4 Å². The van der Waals surface area contributed by atoms with E-state index in [4.69, 9.17) is 5.73 Å². The van der Waals surface area contributed by atoms with Crippen LogP contribution >= 0.6 is 0 Å². The maximum Gasteiger partial charge on any atom is 0.251 e. The number of amides is 2. The van der Waals surface area contributed by atoms with Crippen molar-refractivity contribution in [1.29, 1.82) is 0 Å². The highest BCUT2D eigenvalue weighted by molar-refractivity contribution is 6.04. The summed E-state index contributed by atoms with van der Waals surface area (Å²) in [7, 11) is 0. The maximum absolute atomic E-state index is 12.6. The lowest BCUT2D eigenvalue weighted by Gasteiger charge is -2.15. The molecular formula is C19H20N4O2. The van der Waals surface area contributed by atoms with Crippen LogP contribution in [0.2, 0.25) is 0 Å². The zero-order valence-electron chi connectivity index (χ0n) is 14.2. The number of rotatable bonds is 5. The van der Waals surface area contributed by atoms with Crippen LogP contribution in [0.3, 0.4) is 0 Å². The number of primary amides is 1. The van der Waals surface area contributed by atoms with Gasteiger partial charge in [-0.3, -0.25) is 14.3 Å². The molecule has 1 heterocycles. The van der Waals surface area contributed by atoms with Gasteiger partial charge >= 0.3 is 0 Å². The number of benzene rings is 2. The van der Waals surface area contributed by atoms with Gasteiger partial charge < -0.3 is 11.1 Å². The summed E-state index contributed by atoms with van der Waals surface area (Å²) >= 11 is 0. The Morgan fingerprint density at radius 2 is 1.96 bits per heavy atom. The number of aryl methyl sites for hydroxylation is 1. The zero-order chi connectivity index (χ0) is 18.0. The van der Waals surface area contributed by atoms with Crippen LogP contribution in [0.15, 0.2) is 48.7 Å². The number of aromatic nitrogens is 2. The molecule has 0 aliphatic heterocycles. The average molecular weight is 336 g/mol. The fourth-order valence-electron chi connectivity index (χ4n) is 2.87. The van der Waals surface area contributed by atoms with E-state index in [9.17, 15) is 9.59 Å². The summed E-state index contributed by atoms with van der Waals surface area (Å²) in [6, 6.07) is 13.1. The van der Waals surface area contributed by atoms with E-state index in [1.54, 1.807) is 31.3 Å². The second kappa shape index (κ2) is 6.76. The molecule has 25 heavy (non-hydrogen) atoms. The molecule has 6 nitrogen and oxygen atoms in total. The van der Waals surface area contributed by atoms with Crippen molar-refractivity contribution in [2.24, 2.45) is 11.7 Å². The average Bonchev–Trinajstić information content (AvgIpc) is 2.97. The monoisotopic (exact) mass is 336 g/mol. The molecule has 0 aliphatic carbocycles. The van der Waals surface area contributed by atoms with E-state index >= 15 is 0 Å². The first kappa shape index (κ1) is 16.7. The van der Waals surface area contributed by atoms with E-state index in [1.165, 1.54) is 0 Å². The number of hydrogen-bond donors (Lipinski definition) is 2. The van der Waals surface area contributed by atoms with Crippen molar-refractivity contribution < 1.29 is 9.59 Å². The van der Waals surface area contributed by atoms with Crippen molar-refractivity contribution in [3.05, 3.63) is 59.8 Å². The van der Waals surface area contributed by atoms with Crippen LogP contribution in [0.5, 0.6) is 0 Å². The number of hydrogen-bond acceptors (Lipinski definition) is 3. The van der Waals surface area contributed by atoms with Gasteiger partial charge in [-0.15, -0.1) is 0 Å². The van der Waals surface area contributed by atoms with Gasteiger partial charge in [0.05, 0.1) is 35.4 Å². The molecule has 128 valence electrons.